The molecule has 1 unspecified atom stereocenters. The van der Waals surface area contributed by atoms with Crippen LogP contribution in [0.15, 0.2) is 67.0 Å². The van der Waals surface area contributed by atoms with Gasteiger partial charge in [0.25, 0.3) is 0 Å². The number of hydrogen-bond donors (Lipinski definition) is 1. The highest BCUT2D eigenvalue weighted by molar-refractivity contribution is 8.01. The van der Waals surface area contributed by atoms with Gasteiger partial charge in [0.05, 0.1) is 11.4 Å². The molecule has 0 fully saturated rings. The second-order valence-electron chi connectivity index (χ2n) is 6.59. The summed E-state index contributed by atoms with van der Waals surface area (Å²) < 4.78 is 7.13. The lowest BCUT2D eigenvalue weighted by Crippen LogP contribution is -2.21. The maximum Gasteiger partial charge on any atom is 0.319 e. The topological polar surface area (TPSA) is 73.2 Å². The zero-order chi connectivity index (χ0) is 20.6. The number of hydrogen-bond acceptors (Lipinski definition) is 5. The Labute approximate surface area is 174 Å². The van der Waals surface area contributed by atoms with Gasteiger partial charge in [0.2, 0.25) is 5.91 Å². The highest BCUT2D eigenvalue weighted by atomic mass is 32.2. The molecule has 7 heteroatoms. The Morgan fingerprint density at radius 2 is 1.86 bits per heavy atom. The minimum Gasteiger partial charge on any atom is -0.460 e. The Morgan fingerprint density at radius 3 is 2.52 bits per heavy atom. The number of aryl methyl sites for hydroxylation is 1. The number of ether oxygens (including phenoxy) is 1. The van der Waals surface area contributed by atoms with Crippen molar-refractivity contribution in [2.75, 3.05) is 11.1 Å². The van der Waals surface area contributed by atoms with Crippen molar-refractivity contribution in [1.29, 1.82) is 0 Å². The number of nitrogens with zero attached hydrogens (tertiary/aromatic N) is 2. The normalized spacial score (nSPS) is 11.7. The fraction of sp³-hybridized carbons (Fsp3) is 0.227. The molecular formula is C22H23N3O3S. The molecule has 1 amide bonds. The number of thioether (sulfide) groups is 1. The summed E-state index contributed by atoms with van der Waals surface area (Å²) in [5, 5.41) is 6.56. The lowest BCUT2D eigenvalue weighted by Gasteiger charge is -2.12. The molecule has 1 aromatic heterocycles. The van der Waals surface area contributed by atoms with Crippen molar-refractivity contribution in [3.63, 3.8) is 0 Å². The van der Waals surface area contributed by atoms with Crippen LogP contribution in [-0.4, -0.2) is 32.7 Å². The van der Waals surface area contributed by atoms with E-state index in [4.69, 9.17) is 4.74 Å². The molecule has 3 aromatic rings. The molecule has 0 aliphatic heterocycles. The smallest absolute Gasteiger partial charge is 0.319 e. The van der Waals surface area contributed by atoms with Crippen LogP contribution in [0.4, 0.5) is 5.69 Å². The van der Waals surface area contributed by atoms with Gasteiger partial charge in [0, 0.05) is 18.1 Å². The first-order chi connectivity index (χ1) is 14.0. The van der Waals surface area contributed by atoms with Gasteiger partial charge in [-0.05, 0) is 49.7 Å². The zero-order valence-corrected chi connectivity index (χ0v) is 17.2. The summed E-state index contributed by atoms with van der Waals surface area (Å²) >= 11 is 1.25. The highest BCUT2D eigenvalue weighted by Gasteiger charge is 2.17. The largest absolute Gasteiger partial charge is 0.460 e. The van der Waals surface area contributed by atoms with Gasteiger partial charge in [-0.25, -0.2) is 4.68 Å². The summed E-state index contributed by atoms with van der Waals surface area (Å²) in [7, 11) is 0. The van der Waals surface area contributed by atoms with E-state index in [2.05, 4.69) is 10.4 Å². The van der Waals surface area contributed by atoms with Crippen molar-refractivity contribution in [3.8, 4) is 5.69 Å². The van der Waals surface area contributed by atoms with Gasteiger partial charge < -0.3 is 10.1 Å². The lowest BCUT2D eigenvalue weighted by molar-refractivity contribution is -0.143. The monoisotopic (exact) mass is 409 g/mol. The van der Waals surface area contributed by atoms with E-state index >= 15 is 0 Å². The molecule has 0 aliphatic carbocycles. The predicted molar refractivity (Wildman–Crippen MR) is 115 cm³/mol. The number of carbonyl (C=O) groups excluding carboxylic acids is 2. The average molecular weight is 410 g/mol. The lowest BCUT2D eigenvalue weighted by atomic mass is 10.2. The minimum absolute atomic E-state index is 0.146. The van der Waals surface area contributed by atoms with Crippen LogP contribution in [0.3, 0.4) is 0 Å². The molecule has 1 atom stereocenters. The van der Waals surface area contributed by atoms with E-state index in [-0.39, 0.29) is 24.2 Å². The molecular weight excluding hydrogens is 386 g/mol. The molecule has 29 heavy (non-hydrogen) atoms. The fourth-order valence-electron chi connectivity index (χ4n) is 2.54. The number of anilines is 1. The predicted octanol–water partition coefficient (Wildman–Crippen LogP) is 3.98. The van der Waals surface area contributed by atoms with E-state index in [0.717, 1.165) is 22.5 Å². The second-order valence-corrected chi connectivity index (χ2v) is 7.92. The van der Waals surface area contributed by atoms with Crippen LogP contribution < -0.4 is 5.32 Å². The number of esters is 1. The first-order valence-corrected chi connectivity index (χ1v) is 10.3. The molecule has 0 aliphatic rings. The molecule has 150 valence electrons. The number of amides is 1. The average Bonchev–Trinajstić information content (AvgIpc) is 3.27. The van der Waals surface area contributed by atoms with Gasteiger partial charge in [0.15, 0.2) is 0 Å². The summed E-state index contributed by atoms with van der Waals surface area (Å²) in [5.41, 5.74) is 3.71. The minimum atomic E-state index is -0.429. The second kappa shape index (κ2) is 9.93. The van der Waals surface area contributed by atoms with Crippen LogP contribution in [0.5, 0.6) is 0 Å². The summed E-state index contributed by atoms with van der Waals surface area (Å²) in [6, 6.07) is 17.1. The van der Waals surface area contributed by atoms with Gasteiger partial charge in [-0.15, -0.1) is 11.8 Å². The number of benzene rings is 2. The van der Waals surface area contributed by atoms with Crippen molar-refractivity contribution in [2.24, 2.45) is 0 Å². The Bertz CT molecular complexity index is 938. The summed E-state index contributed by atoms with van der Waals surface area (Å²) in [4.78, 5) is 24.2. The number of nitrogens with one attached hydrogen (secondary N) is 1. The Hall–Kier alpha value is -3.06. The first kappa shape index (κ1) is 20.7. The Morgan fingerprint density at radius 1 is 1.14 bits per heavy atom. The molecule has 0 saturated heterocycles. The molecule has 0 spiro atoms. The molecule has 2 aromatic carbocycles. The van der Waals surface area contributed by atoms with Gasteiger partial charge in [0.1, 0.15) is 11.9 Å². The van der Waals surface area contributed by atoms with Crippen molar-refractivity contribution >= 4 is 29.3 Å². The molecule has 1 N–H and O–H groups in total. The van der Waals surface area contributed by atoms with Crippen molar-refractivity contribution in [1.82, 2.24) is 9.78 Å². The Kier molecular flexibility index (Phi) is 7.08. The summed E-state index contributed by atoms with van der Waals surface area (Å²) in [6.07, 6.45) is 3.58. The number of carbonyl (C=O) groups is 2. The van der Waals surface area contributed by atoms with E-state index in [1.54, 1.807) is 17.8 Å². The van der Waals surface area contributed by atoms with Crippen LogP contribution in [0, 0.1) is 6.92 Å². The van der Waals surface area contributed by atoms with Crippen molar-refractivity contribution < 1.29 is 14.3 Å². The molecule has 3 rings (SSSR count). The third-order valence-corrected chi connectivity index (χ3v) is 5.34. The summed E-state index contributed by atoms with van der Waals surface area (Å²) in [5.74, 6) is -0.301. The van der Waals surface area contributed by atoms with E-state index in [9.17, 15) is 9.59 Å². The van der Waals surface area contributed by atoms with Crippen LogP contribution in [0.1, 0.15) is 18.1 Å². The first-order valence-electron chi connectivity index (χ1n) is 9.25. The quantitative estimate of drug-likeness (QED) is 0.570. The van der Waals surface area contributed by atoms with Crippen molar-refractivity contribution in [2.45, 2.75) is 25.7 Å². The summed E-state index contributed by atoms with van der Waals surface area (Å²) in [6.45, 7) is 3.92. The van der Waals surface area contributed by atoms with Gasteiger partial charge in [-0.1, -0.05) is 29.8 Å². The molecule has 1 heterocycles. The number of aromatic nitrogens is 2. The SMILES string of the molecule is Cc1ccc(NC(=O)CSC(C)C(=O)OCc2ccc(-n3cccn3)cc2)cc1. The third-order valence-electron chi connectivity index (χ3n) is 4.22. The van der Waals surface area contributed by atoms with Gasteiger partial charge >= 0.3 is 5.97 Å². The van der Waals surface area contributed by atoms with Gasteiger partial charge in [-0.2, -0.15) is 5.10 Å². The van der Waals surface area contributed by atoms with E-state index in [0.29, 0.717) is 0 Å². The fourth-order valence-corrected chi connectivity index (χ4v) is 3.22. The zero-order valence-electron chi connectivity index (χ0n) is 16.4. The standard InChI is InChI=1S/C22H23N3O3S/c1-16-4-8-19(9-5-16)24-21(26)15-29-17(2)22(27)28-14-18-6-10-20(11-7-18)25-13-3-12-23-25/h3-13,17H,14-15H2,1-2H3,(H,24,26). The van der Waals surface area contributed by atoms with E-state index in [1.807, 2.05) is 67.7 Å². The highest BCUT2D eigenvalue weighted by Crippen LogP contribution is 2.16. The van der Waals surface area contributed by atoms with Crippen molar-refractivity contribution in [3.05, 3.63) is 78.1 Å². The van der Waals surface area contributed by atoms with E-state index < -0.39 is 5.25 Å². The van der Waals surface area contributed by atoms with Crippen LogP contribution in [0.2, 0.25) is 0 Å². The van der Waals surface area contributed by atoms with Crippen LogP contribution >= 0.6 is 11.8 Å². The third kappa shape index (κ3) is 6.22. The maximum atomic E-state index is 12.2. The van der Waals surface area contributed by atoms with Gasteiger partial charge in [-0.3, -0.25) is 9.59 Å². The molecule has 6 nitrogen and oxygen atoms in total. The van der Waals surface area contributed by atoms with Crippen LogP contribution in [0.25, 0.3) is 5.69 Å². The van der Waals surface area contributed by atoms with E-state index in [1.165, 1.54) is 11.8 Å². The molecule has 0 saturated carbocycles. The molecule has 0 radical (unpaired) electrons. The van der Waals surface area contributed by atoms with Crippen LogP contribution in [-0.2, 0) is 20.9 Å². The Balaban J connectivity index is 1.40. The maximum absolute atomic E-state index is 12.2. The number of rotatable bonds is 8. The molecule has 0 bridgehead atoms.